The van der Waals surface area contributed by atoms with Gasteiger partial charge in [-0.05, 0) is 38.3 Å². The number of anilines is 1. The lowest BCUT2D eigenvalue weighted by atomic mass is 9.99. The van der Waals surface area contributed by atoms with Crippen LogP contribution in [0.2, 0.25) is 0 Å². The number of nitrogens with one attached hydrogen (secondary N) is 2. The molecule has 0 aliphatic heterocycles. The Morgan fingerprint density at radius 2 is 2.33 bits per heavy atom. The number of hydrogen-bond acceptors (Lipinski definition) is 5. The first-order chi connectivity index (χ1) is 10.0. The minimum atomic E-state index is -0.438. The maximum absolute atomic E-state index is 12.1. The predicted octanol–water partition coefficient (Wildman–Crippen LogP) is 1.21. The van der Waals surface area contributed by atoms with Gasteiger partial charge in [-0.3, -0.25) is 14.9 Å². The molecule has 0 spiro atoms. The van der Waals surface area contributed by atoms with E-state index in [9.17, 15) is 9.59 Å². The number of thiazole rings is 1. The van der Waals surface area contributed by atoms with Crippen LogP contribution in [0.4, 0.5) is 5.13 Å². The Bertz CT molecular complexity index is 750. The molecule has 21 heavy (non-hydrogen) atoms. The summed E-state index contributed by atoms with van der Waals surface area (Å²) in [5, 5.41) is 3.23. The van der Waals surface area contributed by atoms with Crippen LogP contribution in [0.5, 0.6) is 0 Å². The smallest absolute Gasteiger partial charge is 0.263 e. The van der Waals surface area contributed by atoms with Gasteiger partial charge in [0.1, 0.15) is 5.56 Å². The molecule has 0 unspecified atom stereocenters. The molecule has 0 saturated carbocycles. The van der Waals surface area contributed by atoms with Crippen molar-refractivity contribution in [3.8, 4) is 0 Å². The molecule has 6 nitrogen and oxygen atoms in total. The van der Waals surface area contributed by atoms with E-state index in [1.54, 1.807) is 13.0 Å². The Hall–Kier alpha value is -1.99. The molecule has 0 bridgehead atoms. The van der Waals surface area contributed by atoms with E-state index < -0.39 is 11.5 Å². The van der Waals surface area contributed by atoms with Crippen LogP contribution in [-0.4, -0.2) is 21.9 Å². The number of nitrogens with zero attached hydrogens (tertiary/aromatic N) is 1. The number of pyridine rings is 1. The number of aromatic amines is 1. The Labute approximate surface area is 125 Å². The molecule has 2 heterocycles. The monoisotopic (exact) mass is 304 g/mol. The summed E-state index contributed by atoms with van der Waals surface area (Å²) in [4.78, 5) is 32.0. The molecule has 0 aromatic carbocycles. The number of H-pyrrole nitrogens is 1. The maximum Gasteiger partial charge on any atom is 0.263 e. The normalized spacial score (nSPS) is 17.3. The molecule has 1 aliphatic rings. The lowest BCUT2D eigenvalue weighted by Gasteiger charge is -2.15. The van der Waals surface area contributed by atoms with E-state index in [0.29, 0.717) is 5.13 Å². The molecular weight excluding hydrogens is 288 g/mol. The number of carbonyl (C=O) groups is 1. The molecule has 1 atom stereocenters. The van der Waals surface area contributed by atoms with E-state index in [1.807, 2.05) is 0 Å². The quantitative estimate of drug-likeness (QED) is 0.776. The Balaban J connectivity index is 1.80. The van der Waals surface area contributed by atoms with E-state index in [2.05, 4.69) is 15.3 Å². The van der Waals surface area contributed by atoms with Gasteiger partial charge in [-0.2, -0.15) is 0 Å². The largest absolute Gasteiger partial charge is 0.327 e. The van der Waals surface area contributed by atoms with Gasteiger partial charge in [0, 0.05) is 16.6 Å². The Morgan fingerprint density at radius 3 is 3.10 bits per heavy atom. The second-order valence-corrected chi connectivity index (χ2v) is 6.31. The van der Waals surface area contributed by atoms with Crippen LogP contribution in [0.15, 0.2) is 16.9 Å². The highest BCUT2D eigenvalue weighted by Crippen LogP contribution is 2.29. The van der Waals surface area contributed by atoms with Crippen LogP contribution in [0, 0.1) is 6.92 Å². The fourth-order valence-corrected chi connectivity index (χ4v) is 3.47. The first-order valence-electron chi connectivity index (χ1n) is 6.78. The summed E-state index contributed by atoms with van der Waals surface area (Å²) >= 11 is 1.44. The topological polar surface area (TPSA) is 101 Å². The average Bonchev–Trinajstić information content (AvgIpc) is 2.79. The fourth-order valence-electron chi connectivity index (χ4n) is 2.37. The zero-order chi connectivity index (χ0) is 15.0. The van der Waals surface area contributed by atoms with Gasteiger partial charge in [-0.1, -0.05) is 0 Å². The molecule has 0 saturated heterocycles. The molecule has 2 aromatic rings. The highest BCUT2D eigenvalue weighted by molar-refractivity contribution is 7.15. The van der Waals surface area contributed by atoms with Crippen molar-refractivity contribution >= 4 is 22.4 Å². The van der Waals surface area contributed by atoms with Crippen LogP contribution >= 0.6 is 11.3 Å². The number of rotatable bonds is 2. The van der Waals surface area contributed by atoms with E-state index in [-0.39, 0.29) is 11.6 Å². The highest BCUT2D eigenvalue weighted by atomic mass is 32.1. The Kier molecular flexibility index (Phi) is 3.60. The van der Waals surface area contributed by atoms with Gasteiger partial charge >= 0.3 is 0 Å². The Morgan fingerprint density at radius 1 is 1.52 bits per heavy atom. The van der Waals surface area contributed by atoms with Crippen LogP contribution < -0.4 is 16.6 Å². The molecule has 0 radical (unpaired) electrons. The third-order valence-corrected chi connectivity index (χ3v) is 4.53. The summed E-state index contributed by atoms with van der Waals surface area (Å²) in [5.41, 5.74) is 7.35. The molecule has 2 aromatic heterocycles. The van der Waals surface area contributed by atoms with Crippen molar-refractivity contribution in [3.63, 3.8) is 0 Å². The van der Waals surface area contributed by atoms with Gasteiger partial charge < -0.3 is 10.7 Å². The van der Waals surface area contributed by atoms with E-state index >= 15 is 0 Å². The minimum Gasteiger partial charge on any atom is -0.327 e. The van der Waals surface area contributed by atoms with Crippen LogP contribution in [0.1, 0.15) is 33.0 Å². The molecule has 0 fully saturated rings. The SMILES string of the molecule is Cc1ccc(C(=O)Nc2nc3c(s2)C[C@@H](N)CC3)c(=O)[nH]1. The second-order valence-electron chi connectivity index (χ2n) is 5.23. The number of amides is 1. The summed E-state index contributed by atoms with van der Waals surface area (Å²) in [7, 11) is 0. The predicted molar refractivity (Wildman–Crippen MR) is 81.9 cm³/mol. The third-order valence-electron chi connectivity index (χ3n) is 3.50. The number of nitrogens with two attached hydrogens (primary N) is 1. The lowest BCUT2D eigenvalue weighted by Crippen LogP contribution is -2.27. The number of aryl methyl sites for hydroxylation is 2. The van der Waals surface area contributed by atoms with Crippen molar-refractivity contribution in [2.24, 2.45) is 5.73 Å². The van der Waals surface area contributed by atoms with Crippen LogP contribution in [0.3, 0.4) is 0 Å². The molecule has 110 valence electrons. The first-order valence-corrected chi connectivity index (χ1v) is 7.60. The maximum atomic E-state index is 12.1. The van der Waals surface area contributed by atoms with Crippen molar-refractivity contribution in [1.29, 1.82) is 0 Å². The van der Waals surface area contributed by atoms with Gasteiger partial charge in [0.15, 0.2) is 5.13 Å². The molecular formula is C14H16N4O2S. The van der Waals surface area contributed by atoms with E-state index in [0.717, 1.165) is 35.5 Å². The standard InChI is InChI=1S/C14H16N4O2S/c1-7-2-4-9(12(19)16-7)13(20)18-14-17-10-5-3-8(15)6-11(10)21-14/h2,4,8H,3,5-6,15H2,1H3,(H,16,19)(H,17,18,20)/t8-/m0/s1. The molecule has 1 amide bonds. The second kappa shape index (κ2) is 5.42. The van der Waals surface area contributed by atoms with E-state index in [1.165, 1.54) is 17.4 Å². The molecule has 4 N–H and O–H groups in total. The van der Waals surface area contributed by atoms with Gasteiger partial charge in [0.2, 0.25) is 0 Å². The summed E-state index contributed by atoms with van der Waals surface area (Å²) < 4.78 is 0. The van der Waals surface area contributed by atoms with Gasteiger partial charge in [0.25, 0.3) is 11.5 Å². The average molecular weight is 304 g/mol. The zero-order valence-electron chi connectivity index (χ0n) is 11.6. The number of carbonyl (C=O) groups excluding carboxylic acids is 1. The van der Waals surface area contributed by atoms with Crippen molar-refractivity contribution in [2.45, 2.75) is 32.2 Å². The van der Waals surface area contributed by atoms with Gasteiger partial charge in [0.05, 0.1) is 5.69 Å². The molecule has 7 heteroatoms. The highest BCUT2D eigenvalue weighted by Gasteiger charge is 2.21. The minimum absolute atomic E-state index is 0.0884. The fraction of sp³-hybridized carbons (Fsp3) is 0.357. The van der Waals surface area contributed by atoms with Crippen molar-refractivity contribution in [3.05, 3.63) is 44.3 Å². The number of hydrogen-bond donors (Lipinski definition) is 3. The lowest BCUT2D eigenvalue weighted by molar-refractivity contribution is 0.102. The number of aromatic nitrogens is 2. The van der Waals surface area contributed by atoms with Gasteiger partial charge in [-0.25, -0.2) is 4.98 Å². The van der Waals surface area contributed by atoms with Crippen LogP contribution in [0.25, 0.3) is 0 Å². The summed E-state index contributed by atoms with van der Waals surface area (Å²) in [6, 6.07) is 3.39. The van der Waals surface area contributed by atoms with Crippen LogP contribution in [-0.2, 0) is 12.8 Å². The molecule has 3 rings (SSSR count). The zero-order valence-corrected chi connectivity index (χ0v) is 12.4. The summed E-state index contributed by atoms with van der Waals surface area (Å²) in [6.07, 6.45) is 2.56. The van der Waals surface area contributed by atoms with E-state index in [4.69, 9.17) is 5.73 Å². The van der Waals surface area contributed by atoms with Crippen molar-refractivity contribution in [2.75, 3.05) is 5.32 Å². The summed E-state index contributed by atoms with van der Waals surface area (Å²) in [6.45, 7) is 1.77. The van der Waals surface area contributed by atoms with Crippen molar-refractivity contribution < 1.29 is 4.79 Å². The molecule has 1 aliphatic carbocycles. The van der Waals surface area contributed by atoms with Crippen molar-refractivity contribution in [1.82, 2.24) is 9.97 Å². The van der Waals surface area contributed by atoms with Gasteiger partial charge in [-0.15, -0.1) is 11.3 Å². The summed E-state index contributed by atoms with van der Waals surface area (Å²) in [5.74, 6) is -0.438. The third kappa shape index (κ3) is 2.88. The first kappa shape index (κ1) is 14.0. The number of fused-ring (bicyclic) bond motifs is 1.